The summed E-state index contributed by atoms with van der Waals surface area (Å²) in [4.78, 5) is 22.4. The van der Waals surface area contributed by atoms with E-state index in [4.69, 9.17) is 10.8 Å². The highest BCUT2D eigenvalue weighted by Gasteiger charge is 2.10. The number of hydrogen-bond donors (Lipinski definition) is 4. The number of aromatic carboxylic acids is 1. The first-order chi connectivity index (χ1) is 9.04. The molecule has 1 rings (SSSR count). The number of nitrogens with two attached hydrogens (primary N) is 1. The molecule has 6 nitrogen and oxygen atoms in total. The van der Waals surface area contributed by atoms with E-state index in [1.165, 1.54) is 12.1 Å². The molecule has 0 spiro atoms. The predicted octanol–water partition coefficient (Wildman–Crippen LogP) is 1.30. The fourth-order valence-corrected chi connectivity index (χ4v) is 1.56. The Hall–Kier alpha value is -2.24. The second-order valence-corrected chi connectivity index (χ2v) is 4.14. The first-order valence-electron chi connectivity index (χ1n) is 6.18. The van der Waals surface area contributed by atoms with Gasteiger partial charge in [0.25, 0.3) is 0 Å². The van der Waals surface area contributed by atoms with Crippen LogP contribution in [0.3, 0.4) is 0 Å². The summed E-state index contributed by atoms with van der Waals surface area (Å²) in [5, 5.41) is 14.7. The summed E-state index contributed by atoms with van der Waals surface area (Å²) in [6.45, 7) is 2.99. The van der Waals surface area contributed by atoms with Crippen LogP contribution in [0.4, 0.5) is 11.4 Å². The van der Waals surface area contributed by atoms with Gasteiger partial charge in [-0.25, -0.2) is 4.79 Å². The maximum Gasteiger partial charge on any atom is 0.337 e. The van der Waals surface area contributed by atoms with Crippen molar-refractivity contribution in [2.24, 2.45) is 0 Å². The number of carbonyl (C=O) groups excluding carboxylic acids is 1. The zero-order chi connectivity index (χ0) is 14.3. The Bertz CT molecular complexity index is 460. The van der Waals surface area contributed by atoms with E-state index in [2.05, 4.69) is 10.6 Å². The average Bonchev–Trinajstić information content (AvgIpc) is 2.36. The molecule has 6 heteroatoms. The smallest absolute Gasteiger partial charge is 0.337 e. The normalized spacial score (nSPS) is 9.95. The Labute approximate surface area is 112 Å². The third-order valence-corrected chi connectivity index (χ3v) is 2.51. The zero-order valence-electron chi connectivity index (χ0n) is 10.9. The molecule has 1 aromatic carbocycles. The van der Waals surface area contributed by atoms with Gasteiger partial charge in [-0.1, -0.05) is 6.92 Å². The van der Waals surface area contributed by atoms with Crippen LogP contribution < -0.4 is 16.4 Å². The van der Waals surface area contributed by atoms with Crippen LogP contribution >= 0.6 is 0 Å². The molecule has 0 aliphatic rings. The average molecular weight is 265 g/mol. The lowest BCUT2D eigenvalue weighted by atomic mass is 10.1. The van der Waals surface area contributed by atoms with E-state index in [1.54, 1.807) is 6.07 Å². The highest BCUT2D eigenvalue weighted by Crippen LogP contribution is 2.19. The first-order valence-corrected chi connectivity index (χ1v) is 6.18. The van der Waals surface area contributed by atoms with Gasteiger partial charge < -0.3 is 21.5 Å². The van der Waals surface area contributed by atoms with Gasteiger partial charge in [0.05, 0.1) is 11.3 Å². The van der Waals surface area contributed by atoms with Crippen molar-refractivity contribution in [3.05, 3.63) is 23.8 Å². The molecule has 0 aliphatic heterocycles. The second-order valence-electron chi connectivity index (χ2n) is 4.14. The summed E-state index contributed by atoms with van der Waals surface area (Å²) in [7, 11) is 0. The van der Waals surface area contributed by atoms with Crippen LogP contribution in [0.15, 0.2) is 18.2 Å². The number of carbonyl (C=O) groups is 2. The lowest BCUT2D eigenvalue weighted by molar-refractivity contribution is -0.120. The van der Waals surface area contributed by atoms with E-state index < -0.39 is 5.97 Å². The van der Waals surface area contributed by atoms with Crippen molar-refractivity contribution in [1.29, 1.82) is 0 Å². The Morgan fingerprint density at radius 3 is 2.68 bits per heavy atom. The third-order valence-electron chi connectivity index (χ3n) is 2.51. The number of amides is 1. The van der Waals surface area contributed by atoms with Crippen molar-refractivity contribution in [2.75, 3.05) is 24.1 Å². The minimum Gasteiger partial charge on any atom is -0.478 e. The fraction of sp³-hybridized carbons (Fsp3) is 0.385. The summed E-state index contributed by atoms with van der Waals surface area (Å²) in [5.41, 5.74) is 6.66. The maximum atomic E-state index is 11.4. The van der Waals surface area contributed by atoms with Crippen molar-refractivity contribution in [3.63, 3.8) is 0 Å². The molecule has 0 aromatic heterocycles. The van der Waals surface area contributed by atoms with Gasteiger partial charge in [0.1, 0.15) is 0 Å². The molecular formula is C13H19N3O3. The maximum absolute atomic E-state index is 11.4. The van der Waals surface area contributed by atoms with E-state index in [1.807, 2.05) is 6.92 Å². The van der Waals surface area contributed by atoms with E-state index in [9.17, 15) is 9.59 Å². The van der Waals surface area contributed by atoms with Crippen molar-refractivity contribution in [1.82, 2.24) is 5.32 Å². The molecule has 1 amide bonds. The predicted molar refractivity (Wildman–Crippen MR) is 74.2 cm³/mol. The first kappa shape index (κ1) is 14.8. The molecule has 19 heavy (non-hydrogen) atoms. The molecule has 5 N–H and O–H groups in total. The van der Waals surface area contributed by atoms with Gasteiger partial charge in [-0.15, -0.1) is 0 Å². The molecule has 104 valence electrons. The van der Waals surface area contributed by atoms with Crippen LogP contribution in [-0.2, 0) is 4.79 Å². The molecule has 0 bridgehead atoms. The van der Waals surface area contributed by atoms with Gasteiger partial charge in [-0.2, -0.15) is 0 Å². The molecule has 0 atom stereocenters. The molecule has 0 unspecified atom stereocenters. The number of nitrogen functional groups attached to an aromatic ring is 1. The molecule has 0 radical (unpaired) electrons. The summed E-state index contributed by atoms with van der Waals surface area (Å²) >= 11 is 0. The molecule has 0 saturated carbocycles. The SMILES string of the molecule is CCCNC(=O)CCNc1cc(N)ccc1C(=O)O. The molecule has 1 aromatic rings. The molecule has 0 fully saturated rings. The Kier molecular flexibility index (Phi) is 5.66. The lowest BCUT2D eigenvalue weighted by Crippen LogP contribution is -2.26. The van der Waals surface area contributed by atoms with Crippen molar-refractivity contribution < 1.29 is 14.7 Å². The number of anilines is 2. The Morgan fingerprint density at radius 1 is 1.32 bits per heavy atom. The summed E-state index contributed by atoms with van der Waals surface area (Å²) in [6, 6.07) is 4.52. The summed E-state index contributed by atoms with van der Waals surface area (Å²) in [5.74, 6) is -1.09. The van der Waals surface area contributed by atoms with E-state index >= 15 is 0 Å². The van der Waals surface area contributed by atoms with E-state index in [-0.39, 0.29) is 17.9 Å². The quantitative estimate of drug-likeness (QED) is 0.556. The Morgan fingerprint density at radius 2 is 2.05 bits per heavy atom. The van der Waals surface area contributed by atoms with Crippen LogP contribution in [0.1, 0.15) is 30.1 Å². The minimum atomic E-state index is -1.03. The van der Waals surface area contributed by atoms with Crippen LogP contribution in [0.25, 0.3) is 0 Å². The van der Waals surface area contributed by atoms with Gasteiger partial charge in [0.15, 0.2) is 0 Å². The summed E-state index contributed by atoms with van der Waals surface area (Å²) in [6.07, 6.45) is 1.17. The number of benzene rings is 1. The van der Waals surface area contributed by atoms with Crippen molar-refractivity contribution in [3.8, 4) is 0 Å². The van der Waals surface area contributed by atoms with Crippen molar-refractivity contribution >= 4 is 23.3 Å². The Balaban J connectivity index is 2.55. The van der Waals surface area contributed by atoms with Gasteiger partial charge in [-0.05, 0) is 24.6 Å². The minimum absolute atomic E-state index is 0.0601. The van der Waals surface area contributed by atoms with Crippen LogP contribution in [0, 0.1) is 0 Å². The standard InChI is InChI=1S/C13H19N3O3/c1-2-6-16-12(17)5-7-15-11-8-9(14)3-4-10(11)13(18)19/h3-4,8,15H,2,5-7,14H2,1H3,(H,16,17)(H,18,19). The molecule has 0 saturated heterocycles. The van der Waals surface area contributed by atoms with Crippen molar-refractivity contribution in [2.45, 2.75) is 19.8 Å². The van der Waals surface area contributed by atoms with Gasteiger partial charge in [0, 0.05) is 25.2 Å². The number of nitrogens with one attached hydrogen (secondary N) is 2. The van der Waals surface area contributed by atoms with Crippen LogP contribution in [0.5, 0.6) is 0 Å². The summed E-state index contributed by atoms with van der Waals surface area (Å²) < 4.78 is 0. The highest BCUT2D eigenvalue weighted by atomic mass is 16.4. The molecular weight excluding hydrogens is 246 g/mol. The largest absolute Gasteiger partial charge is 0.478 e. The topological polar surface area (TPSA) is 104 Å². The second kappa shape index (κ2) is 7.25. The van der Waals surface area contributed by atoms with Gasteiger partial charge in [0.2, 0.25) is 5.91 Å². The highest BCUT2D eigenvalue weighted by molar-refractivity contribution is 5.95. The monoisotopic (exact) mass is 265 g/mol. The van der Waals surface area contributed by atoms with Crippen LogP contribution in [0.2, 0.25) is 0 Å². The third kappa shape index (κ3) is 4.87. The number of carboxylic acids is 1. The molecule has 0 heterocycles. The number of carboxylic acid groups (broad SMARTS) is 1. The number of hydrogen-bond acceptors (Lipinski definition) is 4. The lowest BCUT2D eigenvalue weighted by Gasteiger charge is -2.10. The van der Waals surface area contributed by atoms with E-state index in [0.717, 1.165) is 6.42 Å². The zero-order valence-corrected chi connectivity index (χ0v) is 10.9. The van der Waals surface area contributed by atoms with E-state index in [0.29, 0.717) is 24.5 Å². The van der Waals surface area contributed by atoms with Gasteiger partial charge >= 0.3 is 5.97 Å². The van der Waals surface area contributed by atoms with Crippen LogP contribution in [-0.4, -0.2) is 30.1 Å². The fourth-order valence-electron chi connectivity index (χ4n) is 1.56. The van der Waals surface area contributed by atoms with Gasteiger partial charge in [-0.3, -0.25) is 4.79 Å². The molecule has 0 aliphatic carbocycles. The number of rotatable bonds is 7.